The van der Waals surface area contributed by atoms with Crippen LogP contribution in [-0.4, -0.2) is 18.4 Å². The molecule has 26 heavy (non-hydrogen) atoms. The Morgan fingerprint density at radius 1 is 1.19 bits per heavy atom. The third-order valence-corrected chi connectivity index (χ3v) is 3.50. The molecule has 0 spiro atoms. The van der Waals surface area contributed by atoms with Crippen LogP contribution < -0.4 is 4.74 Å². The number of hydrogen-bond acceptors (Lipinski definition) is 4. The number of aromatic nitrogens is 1. The van der Waals surface area contributed by atoms with Gasteiger partial charge in [-0.15, -0.1) is 0 Å². The number of fused-ring (bicyclic) bond motifs is 1. The summed E-state index contributed by atoms with van der Waals surface area (Å²) in [6.45, 7) is 0. The predicted molar refractivity (Wildman–Crippen MR) is 106 cm³/mol. The lowest BCUT2D eigenvalue weighted by atomic mass is 9.97. The van der Waals surface area contributed by atoms with Crippen molar-refractivity contribution < 1.29 is 14.1 Å². The van der Waals surface area contributed by atoms with Crippen LogP contribution in [0.5, 0.6) is 5.75 Å². The summed E-state index contributed by atoms with van der Waals surface area (Å²) in [5.74, 6) is 0.758. The maximum absolute atomic E-state index is 11.1. The molecule has 0 saturated heterocycles. The molecular weight excluding hydrogens is 418 g/mol. The van der Waals surface area contributed by atoms with Crippen LogP contribution in [0.15, 0.2) is 42.6 Å². The zero-order chi connectivity index (χ0) is 19.3. The van der Waals surface area contributed by atoms with E-state index in [-0.39, 0.29) is 0 Å². The van der Waals surface area contributed by atoms with Crippen LogP contribution >= 0.6 is 38.9 Å². The molecule has 134 valence electrons. The molecule has 0 atom stereocenters. The lowest BCUT2D eigenvalue weighted by Gasteiger charge is -2.07. The first-order valence-electron chi connectivity index (χ1n) is 7.10. The molecule has 0 bridgehead atoms. The Balaban J connectivity index is 0.000000431. The van der Waals surface area contributed by atoms with Crippen LogP contribution in [-0.2, 0) is 4.57 Å². The third-order valence-electron chi connectivity index (χ3n) is 3.50. The summed E-state index contributed by atoms with van der Waals surface area (Å²) >= 11 is 13.8. The van der Waals surface area contributed by atoms with Crippen molar-refractivity contribution in [3.05, 3.63) is 53.7 Å². The first-order chi connectivity index (χ1) is 12.3. The highest BCUT2D eigenvalue weighted by atomic mass is 36.0. The van der Waals surface area contributed by atoms with E-state index in [1.54, 1.807) is 19.4 Å². The van der Waals surface area contributed by atoms with Gasteiger partial charge in [-0.2, -0.15) is 5.26 Å². The second-order valence-electron chi connectivity index (χ2n) is 5.04. The highest BCUT2D eigenvalue weighted by Gasteiger charge is 2.11. The number of methoxy groups -OCH3 is 1. The molecule has 1 aromatic heterocycles. The summed E-state index contributed by atoms with van der Waals surface area (Å²) in [6.07, 6.45) is 2.46. The minimum absolute atomic E-state index is 0.562. The van der Waals surface area contributed by atoms with Gasteiger partial charge < -0.3 is 9.72 Å². The SMILES string of the molecule is COc1ccc(-c2cc3c(C=O)c[nH]c3cc2C#N)cc1.O=P(Cl)(Cl)Cl. The molecule has 3 aromatic rings. The number of nitriles is 1. The number of nitrogens with zero attached hydrogens (tertiary/aromatic N) is 1. The second-order valence-corrected chi connectivity index (χ2v) is 11.7. The molecule has 0 unspecified atom stereocenters. The molecule has 5 nitrogen and oxygen atoms in total. The second kappa shape index (κ2) is 8.62. The maximum atomic E-state index is 11.1. The Labute approximate surface area is 164 Å². The molecule has 0 fully saturated rings. The first-order valence-corrected chi connectivity index (χ1v) is 11.5. The van der Waals surface area contributed by atoms with E-state index >= 15 is 0 Å². The fraction of sp³-hybridized carbons (Fsp3) is 0.0588. The molecule has 0 aliphatic carbocycles. The summed E-state index contributed by atoms with van der Waals surface area (Å²) < 4.78 is 14.7. The van der Waals surface area contributed by atoms with Crippen molar-refractivity contribution in [1.29, 1.82) is 5.26 Å². The Morgan fingerprint density at radius 3 is 2.31 bits per heavy atom. The van der Waals surface area contributed by atoms with Gasteiger partial charge in [-0.1, -0.05) is 12.1 Å². The summed E-state index contributed by atoms with van der Waals surface area (Å²) in [5.41, 5.74) is 3.64. The Hall–Kier alpha value is -1.96. The van der Waals surface area contributed by atoms with Crippen LogP contribution in [0, 0.1) is 11.3 Å². The molecule has 9 heteroatoms. The first kappa shape index (κ1) is 20.4. The van der Waals surface area contributed by atoms with Gasteiger partial charge in [0.2, 0.25) is 0 Å². The lowest BCUT2D eigenvalue weighted by Crippen LogP contribution is -1.87. The van der Waals surface area contributed by atoms with Crippen molar-refractivity contribution in [3.63, 3.8) is 0 Å². The Kier molecular flexibility index (Phi) is 6.75. The number of hydrogen-bond donors (Lipinski definition) is 1. The van der Waals surface area contributed by atoms with Crippen molar-refractivity contribution in [2.75, 3.05) is 7.11 Å². The molecule has 3 rings (SSSR count). The van der Waals surface area contributed by atoms with Crippen LogP contribution in [0.3, 0.4) is 0 Å². The lowest BCUT2D eigenvalue weighted by molar-refractivity contribution is 0.112. The topological polar surface area (TPSA) is 82.9 Å². The normalized spacial score (nSPS) is 10.6. The van der Waals surface area contributed by atoms with Crippen molar-refractivity contribution in [2.45, 2.75) is 0 Å². The van der Waals surface area contributed by atoms with Crippen molar-refractivity contribution in [1.82, 2.24) is 4.98 Å². The van der Waals surface area contributed by atoms with Crippen LogP contribution in [0.2, 0.25) is 0 Å². The Bertz CT molecular complexity index is 1010. The van der Waals surface area contributed by atoms with Gasteiger partial charge in [0, 0.05) is 28.2 Å². The molecule has 0 aliphatic heterocycles. The summed E-state index contributed by atoms with van der Waals surface area (Å²) in [7, 11) is 1.61. The van der Waals surface area contributed by atoms with Crippen LogP contribution in [0.25, 0.3) is 22.0 Å². The number of aromatic amines is 1. The summed E-state index contributed by atoms with van der Waals surface area (Å²) in [4.78, 5) is 14.1. The number of halogens is 3. The minimum atomic E-state index is -3.22. The van der Waals surface area contributed by atoms with E-state index in [0.717, 1.165) is 34.1 Å². The van der Waals surface area contributed by atoms with Gasteiger partial charge >= 0.3 is 5.20 Å². The number of nitrogens with one attached hydrogen (secondary N) is 1. The standard InChI is InChI=1S/C17H12N2O2.Cl3OP/c1-21-14-4-2-11(3-5-14)15-7-16-13(10-20)9-19-17(16)6-12(15)8-18;1-5(2,3)4/h2-7,9-10,19H,1H3;. The van der Waals surface area contributed by atoms with Gasteiger partial charge in [0.1, 0.15) is 5.75 Å². The molecule has 0 saturated carbocycles. The number of H-pyrrole nitrogens is 1. The minimum Gasteiger partial charge on any atom is -0.497 e. The fourth-order valence-electron chi connectivity index (χ4n) is 2.39. The number of benzene rings is 2. The quantitative estimate of drug-likeness (QED) is 0.389. The number of aldehydes is 1. The van der Waals surface area contributed by atoms with E-state index in [4.69, 9.17) is 4.74 Å². The summed E-state index contributed by atoms with van der Waals surface area (Å²) in [5, 5.41) is 6.94. The average molecular weight is 430 g/mol. The number of rotatable bonds is 3. The molecular formula is C17H12Cl3N2O3P. The van der Waals surface area contributed by atoms with Gasteiger partial charge in [0.15, 0.2) is 6.29 Å². The number of ether oxygens (including phenoxy) is 1. The van der Waals surface area contributed by atoms with Crippen molar-refractivity contribution >= 4 is 56.1 Å². The number of carbonyl (C=O) groups is 1. The van der Waals surface area contributed by atoms with E-state index in [1.165, 1.54) is 0 Å². The maximum Gasteiger partial charge on any atom is 0.339 e. The Morgan fingerprint density at radius 2 is 1.81 bits per heavy atom. The van der Waals surface area contributed by atoms with Gasteiger partial charge in [-0.05, 0) is 63.6 Å². The van der Waals surface area contributed by atoms with E-state index in [0.29, 0.717) is 11.1 Å². The van der Waals surface area contributed by atoms with E-state index in [1.807, 2.05) is 30.3 Å². The average Bonchev–Trinajstić information content (AvgIpc) is 3.01. The molecule has 1 N–H and O–H groups in total. The van der Waals surface area contributed by atoms with Gasteiger partial charge in [0.05, 0.1) is 18.7 Å². The third kappa shape index (κ3) is 5.27. The van der Waals surface area contributed by atoms with E-state index in [2.05, 4.69) is 44.8 Å². The molecule has 1 heterocycles. The van der Waals surface area contributed by atoms with E-state index < -0.39 is 5.20 Å². The molecule has 0 amide bonds. The van der Waals surface area contributed by atoms with Crippen molar-refractivity contribution in [2.24, 2.45) is 0 Å². The van der Waals surface area contributed by atoms with Crippen molar-refractivity contribution in [3.8, 4) is 22.9 Å². The molecule has 0 aliphatic rings. The van der Waals surface area contributed by atoms with Crippen LogP contribution in [0.1, 0.15) is 15.9 Å². The molecule has 0 radical (unpaired) electrons. The predicted octanol–water partition coefficient (Wildman–Crippen LogP) is 6.34. The highest BCUT2D eigenvalue weighted by molar-refractivity contribution is 8.24. The van der Waals surface area contributed by atoms with Crippen LogP contribution in [0.4, 0.5) is 0 Å². The zero-order valence-corrected chi connectivity index (χ0v) is 16.5. The van der Waals surface area contributed by atoms with Gasteiger partial charge in [-0.3, -0.25) is 9.36 Å². The highest BCUT2D eigenvalue weighted by Crippen LogP contribution is 2.61. The summed E-state index contributed by atoms with van der Waals surface area (Å²) in [6, 6.07) is 13.3. The largest absolute Gasteiger partial charge is 0.497 e. The fourth-order valence-corrected chi connectivity index (χ4v) is 2.39. The van der Waals surface area contributed by atoms with Gasteiger partial charge in [-0.25, -0.2) is 0 Å². The monoisotopic (exact) mass is 428 g/mol. The number of carbonyl (C=O) groups excluding carboxylic acids is 1. The van der Waals surface area contributed by atoms with E-state index in [9.17, 15) is 14.6 Å². The smallest absolute Gasteiger partial charge is 0.339 e. The van der Waals surface area contributed by atoms with Gasteiger partial charge in [0.25, 0.3) is 0 Å². The zero-order valence-electron chi connectivity index (χ0n) is 13.4. The molecule has 2 aromatic carbocycles.